The molecule has 0 saturated carbocycles. The fourth-order valence-corrected chi connectivity index (χ4v) is 1.43. The van der Waals surface area contributed by atoms with Crippen molar-refractivity contribution in [1.29, 1.82) is 0 Å². The molecular formula is C8H16N2OS. The fourth-order valence-electron chi connectivity index (χ4n) is 1.27. The van der Waals surface area contributed by atoms with Gasteiger partial charge < -0.3 is 10.2 Å². The number of rotatable bonds is 2. The minimum Gasteiger partial charge on any atom is -0.340 e. The van der Waals surface area contributed by atoms with Crippen LogP contribution in [0.3, 0.4) is 0 Å². The Balaban J connectivity index is 2.39. The molecule has 0 aromatic carbocycles. The Morgan fingerprint density at radius 1 is 1.58 bits per heavy atom. The highest BCUT2D eigenvalue weighted by Crippen LogP contribution is 2.05. The van der Waals surface area contributed by atoms with Crippen LogP contribution >= 0.6 is 12.6 Å². The number of nitrogens with zero attached hydrogens (tertiary/aromatic N) is 1. The van der Waals surface area contributed by atoms with Crippen molar-refractivity contribution in [3.8, 4) is 0 Å². The fraction of sp³-hybridized carbons (Fsp3) is 0.875. The molecule has 3 nitrogen and oxygen atoms in total. The van der Waals surface area contributed by atoms with E-state index in [0.717, 1.165) is 26.2 Å². The molecule has 1 fully saturated rings. The van der Waals surface area contributed by atoms with Gasteiger partial charge in [0.1, 0.15) is 0 Å². The van der Waals surface area contributed by atoms with E-state index in [1.165, 1.54) is 0 Å². The zero-order valence-corrected chi connectivity index (χ0v) is 8.31. The number of amides is 1. The topological polar surface area (TPSA) is 32.3 Å². The summed E-state index contributed by atoms with van der Waals surface area (Å²) in [5, 5.41) is 3.21. The number of hydrogen-bond donors (Lipinski definition) is 2. The Kier molecular flexibility index (Phi) is 3.88. The van der Waals surface area contributed by atoms with E-state index in [1.54, 1.807) is 0 Å². The maximum absolute atomic E-state index is 11.6. The number of piperazine rings is 1. The predicted molar refractivity (Wildman–Crippen MR) is 52.5 cm³/mol. The van der Waals surface area contributed by atoms with Gasteiger partial charge in [0.2, 0.25) is 5.91 Å². The van der Waals surface area contributed by atoms with Crippen molar-refractivity contribution in [2.75, 3.05) is 31.9 Å². The van der Waals surface area contributed by atoms with Crippen molar-refractivity contribution < 1.29 is 4.79 Å². The van der Waals surface area contributed by atoms with E-state index < -0.39 is 0 Å². The normalized spacial score (nSPS) is 20.7. The van der Waals surface area contributed by atoms with E-state index in [1.807, 2.05) is 11.8 Å². The summed E-state index contributed by atoms with van der Waals surface area (Å²) >= 11 is 4.11. The molecule has 4 heteroatoms. The lowest BCUT2D eigenvalue weighted by Gasteiger charge is -2.29. The van der Waals surface area contributed by atoms with Crippen LogP contribution in [-0.4, -0.2) is 42.7 Å². The van der Waals surface area contributed by atoms with E-state index >= 15 is 0 Å². The van der Waals surface area contributed by atoms with Gasteiger partial charge in [-0.25, -0.2) is 0 Å². The molecule has 1 atom stereocenters. The quantitative estimate of drug-likeness (QED) is 0.597. The number of carbonyl (C=O) groups excluding carboxylic acids is 1. The van der Waals surface area contributed by atoms with Crippen LogP contribution in [0, 0.1) is 5.92 Å². The first-order valence-electron chi connectivity index (χ1n) is 4.36. The first kappa shape index (κ1) is 9.86. The zero-order valence-electron chi connectivity index (χ0n) is 7.42. The maximum atomic E-state index is 11.6. The van der Waals surface area contributed by atoms with Gasteiger partial charge in [-0.05, 0) is 0 Å². The van der Waals surface area contributed by atoms with E-state index in [0.29, 0.717) is 5.75 Å². The maximum Gasteiger partial charge on any atom is 0.226 e. The third-order valence-corrected chi connectivity index (χ3v) is 2.67. The predicted octanol–water partition coefficient (Wildman–Crippen LogP) is -0.0159. The monoisotopic (exact) mass is 188 g/mol. The van der Waals surface area contributed by atoms with Crippen molar-refractivity contribution in [2.45, 2.75) is 6.92 Å². The molecule has 0 radical (unpaired) electrons. The molecule has 1 N–H and O–H groups in total. The number of carbonyl (C=O) groups is 1. The lowest BCUT2D eigenvalue weighted by Crippen LogP contribution is -2.48. The van der Waals surface area contributed by atoms with Gasteiger partial charge in [0, 0.05) is 37.8 Å². The first-order valence-corrected chi connectivity index (χ1v) is 4.99. The summed E-state index contributed by atoms with van der Waals surface area (Å²) in [6, 6.07) is 0. The molecule has 0 bridgehead atoms. The summed E-state index contributed by atoms with van der Waals surface area (Å²) < 4.78 is 0. The molecule has 0 aliphatic carbocycles. The number of thiol groups is 1. The summed E-state index contributed by atoms with van der Waals surface area (Å²) in [5.41, 5.74) is 0. The van der Waals surface area contributed by atoms with Crippen LogP contribution in [0.5, 0.6) is 0 Å². The van der Waals surface area contributed by atoms with Gasteiger partial charge in [0.05, 0.1) is 0 Å². The molecule has 1 saturated heterocycles. The van der Waals surface area contributed by atoms with E-state index in [-0.39, 0.29) is 11.8 Å². The van der Waals surface area contributed by atoms with E-state index in [2.05, 4.69) is 17.9 Å². The number of hydrogen-bond acceptors (Lipinski definition) is 3. The summed E-state index contributed by atoms with van der Waals surface area (Å²) in [4.78, 5) is 13.5. The molecular weight excluding hydrogens is 172 g/mol. The Morgan fingerprint density at radius 3 is 2.67 bits per heavy atom. The van der Waals surface area contributed by atoms with E-state index in [9.17, 15) is 4.79 Å². The highest BCUT2D eigenvalue weighted by atomic mass is 32.1. The standard InChI is InChI=1S/C8H16N2OS/c1-7(6-12)8(11)10-4-2-9-3-5-10/h7,9,12H,2-6H2,1H3. The van der Waals surface area contributed by atoms with Gasteiger partial charge in [0.25, 0.3) is 0 Å². The van der Waals surface area contributed by atoms with E-state index in [4.69, 9.17) is 0 Å². The molecule has 1 rings (SSSR count). The summed E-state index contributed by atoms with van der Waals surface area (Å²) in [6.45, 7) is 5.46. The molecule has 1 aliphatic heterocycles. The highest BCUT2D eigenvalue weighted by Gasteiger charge is 2.20. The summed E-state index contributed by atoms with van der Waals surface area (Å²) in [7, 11) is 0. The van der Waals surface area contributed by atoms with Crippen LogP contribution in [0.1, 0.15) is 6.92 Å². The largest absolute Gasteiger partial charge is 0.340 e. The highest BCUT2D eigenvalue weighted by molar-refractivity contribution is 7.80. The molecule has 0 aromatic rings. The average molecular weight is 188 g/mol. The van der Waals surface area contributed by atoms with Gasteiger partial charge in [-0.2, -0.15) is 12.6 Å². The average Bonchev–Trinajstić information content (AvgIpc) is 2.17. The minimum absolute atomic E-state index is 0.0615. The van der Waals surface area contributed by atoms with Gasteiger partial charge >= 0.3 is 0 Å². The van der Waals surface area contributed by atoms with Crippen molar-refractivity contribution in [3.05, 3.63) is 0 Å². The molecule has 0 aromatic heterocycles. The van der Waals surface area contributed by atoms with Crippen LogP contribution < -0.4 is 5.32 Å². The molecule has 1 aliphatic rings. The van der Waals surface area contributed by atoms with Gasteiger partial charge in [-0.15, -0.1) is 0 Å². The van der Waals surface area contributed by atoms with Gasteiger partial charge in [-0.3, -0.25) is 4.79 Å². The third kappa shape index (κ3) is 2.38. The SMILES string of the molecule is CC(CS)C(=O)N1CCNCC1. The summed E-state index contributed by atoms with van der Waals surface area (Å²) in [5.74, 6) is 0.945. The second-order valence-corrected chi connectivity index (χ2v) is 3.52. The van der Waals surface area contributed by atoms with Crippen LogP contribution in [0.25, 0.3) is 0 Å². The molecule has 1 amide bonds. The van der Waals surface area contributed by atoms with Crippen LogP contribution in [-0.2, 0) is 4.79 Å². The third-order valence-electron chi connectivity index (χ3n) is 2.12. The lowest BCUT2D eigenvalue weighted by atomic mass is 10.2. The van der Waals surface area contributed by atoms with Crippen molar-refractivity contribution >= 4 is 18.5 Å². The van der Waals surface area contributed by atoms with Crippen LogP contribution in [0.4, 0.5) is 0 Å². The summed E-state index contributed by atoms with van der Waals surface area (Å²) in [6.07, 6.45) is 0. The molecule has 1 unspecified atom stereocenters. The zero-order chi connectivity index (χ0) is 8.97. The van der Waals surface area contributed by atoms with Crippen molar-refractivity contribution in [2.24, 2.45) is 5.92 Å². The number of nitrogens with one attached hydrogen (secondary N) is 1. The molecule has 12 heavy (non-hydrogen) atoms. The molecule has 0 spiro atoms. The molecule has 70 valence electrons. The second kappa shape index (κ2) is 4.72. The Bertz CT molecular complexity index is 157. The van der Waals surface area contributed by atoms with Crippen molar-refractivity contribution in [1.82, 2.24) is 10.2 Å². The second-order valence-electron chi connectivity index (χ2n) is 3.16. The van der Waals surface area contributed by atoms with Crippen molar-refractivity contribution in [3.63, 3.8) is 0 Å². The Morgan fingerprint density at radius 2 is 2.17 bits per heavy atom. The van der Waals surface area contributed by atoms with Gasteiger partial charge in [0.15, 0.2) is 0 Å². The Labute approximate surface area is 78.9 Å². The Hall–Kier alpha value is -0.220. The smallest absolute Gasteiger partial charge is 0.226 e. The van der Waals surface area contributed by atoms with Gasteiger partial charge in [-0.1, -0.05) is 6.92 Å². The first-order chi connectivity index (χ1) is 5.75. The van der Waals surface area contributed by atoms with Crippen LogP contribution in [0.2, 0.25) is 0 Å². The molecule has 1 heterocycles. The van der Waals surface area contributed by atoms with Crippen LogP contribution in [0.15, 0.2) is 0 Å². The lowest BCUT2D eigenvalue weighted by molar-refractivity contribution is -0.134. The minimum atomic E-state index is 0.0615.